The molecule has 2 atom stereocenters. The fraction of sp³-hybridized carbons (Fsp3) is 0.417. The van der Waals surface area contributed by atoms with Crippen molar-refractivity contribution in [2.75, 3.05) is 11.9 Å². The van der Waals surface area contributed by atoms with Crippen molar-refractivity contribution >= 4 is 32.7 Å². The zero-order valence-electron chi connectivity index (χ0n) is 18.5. The van der Waals surface area contributed by atoms with Crippen molar-refractivity contribution in [3.05, 3.63) is 62.6 Å². The van der Waals surface area contributed by atoms with Gasteiger partial charge in [-0.2, -0.15) is 8.78 Å². The van der Waals surface area contributed by atoms with Crippen molar-refractivity contribution in [2.24, 2.45) is 0 Å². The molecular formula is C24H25BrF3N3O2. The van der Waals surface area contributed by atoms with Gasteiger partial charge in [-0.15, -0.1) is 0 Å². The summed E-state index contributed by atoms with van der Waals surface area (Å²) in [6.45, 7) is 2.98. The molecule has 1 aromatic heterocycles. The Morgan fingerprint density at radius 1 is 1.21 bits per heavy atom. The fourth-order valence-corrected chi connectivity index (χ4v) is 5.01. The minimum Gasteiger partial charge on any atom is -0.393 e. The van der Waals surface area contributed by atoms with Crippen LogP contribution < -0.4 is 5.32 Å². The number of anilines is 1. The van der Waals surface area contributed by atoms with Gasteiger partial charge in [-0.05, 0) is 63.3 Å². The predicted octanol–water partition coefficient (Wildman–Crippen LogP) is 5.34. The third-order valence-electron chi connectivity index (χ3n) is 6.29. The molecule has 1 heterocycles. The van der Waals surface area contributed by atoms with E-state index in [4.69, 9.17) is 0 Å². The van der Waals surface area contributed by atoms with Crippen LogP contribution in [0.1, 0.15) is 54.4 Å². The second kappa shape index (κ2) is 8.52. The highest BCUT2D eigenvalue weighted by Gasteiger charge is 2.52. The molecule has 0 fully saturated rings. The third kappa shape index (κ3) is 4.00. The van der Waals surface area contributed by atoms with Crippen LogP contribution in [0.4, 0.5) is 19.0 Å². The maximum atomic E-state index is 15.3. The molecule has 1 unspecified atom stereocenters. The average Bonchev–Trinajstić information content (AvgIpc) is 3.25. The number of hydrogen-bond donors (Lipinski definition) is 3. The van der Waals surface area contributed by atoms with E-state index in [1.807, 2.05) is 6.07 Å². The van der Waals surface area contributed by atoms with Gasteiger partial charge < -0.3 is 15.5 Å². The molecule has 0 aliphatic heterocycles. The number of aliphatic hydroxyl groups is 2. The van der Waals surface area contributed by atoms with Crippen LogP contribution in [-0.4, -0.2) is 32.4 Å². The summed E-state index contributed by atoms with van der Waals surface area (Å²) in [5.41, 5.74) is -0.554. The monoisotopic (exact) mass is 523 g/mol. The lowest BCUT2D eigenvalue weighted by Crippen LogP contribution is -2.47. The average molecular weight is 524 g/mol. The number of benzene rings is 2. The van der Waals surface area contributed by atoms with Crippen molar-refractivity contribution < 1.29 is 23.4 Å². The Morgan fingerprint density at radius 3 is 2.61 bits per heavy atom. The van der Waals surface area contributed by atoms with Gasteiger partial charge in [0, 0.05) is 15.4 Å². The van der Waals surface area contributed by atoms with Crippen LogP contribution >= 0.6 is 15.9 Å². The van der Waals surface area contributed by atoms with E-state index in [-0.39, 0.29) is 5.56 Å². The highest BCUT2D eigenvalue weighted by Crippen LogP contribution is 2.42. The van der Waals surface area contributed by atoms with E-state index in [1.54, 1.807) is 13.8 Å². The molecule has 0 amide bonds. The number of fused-ring (bicyclic) bond motifs is 3. The van der Waals surface area contributed by atoms with E-state index in [0.717, 1.165) is 47.6 Å². The molecule has 0 spiro atoms. The Balaban J connectivity index is 1.76. The third-order valence-corrected chi connectivity index (χ3v) is 7.00. The maximum Gasteiger partial charge on any atom is 0.306 e. The molecule has 33 heavy (non-hydrogen) atoms. The van der Waals surface area contributed by atoms with Gasteiger partial charge >= 0.3 is 5.92 Å². The summed E-state index contributed by atoms with van der Waals surface area (Å²) in [5.74, 6) is -4.10. The number of rotatable bonds is 6. The smallest absolute Gasteiger partial charge is 0.306 e. The molecule has 4 rings (SSSR count). The first-order valence-corrected chi connectivity index (χ1v) is 11.5. The van der Waals surface area contributed by atoms with Gasteiger partial charge in [0.2, 0.25) is 0 Å². The van der Waals surface area contributed by atoms with Crippen LogP contribution in [0, 0.1) is 12.7 Å². The van der Waals surface area contributed by atoms with Gasteiger partial charge in [0.25, 0.3) is 0 Å². The van der Waals surface area contributed by atoms with Gasteiger partial charge in [-0.25, -0.2) is 14.4 Å². The number of nitrogens with zero attached hydrogens (tertiary/aromatic N) is 2. The highest BCUT2D eigenvalue weighted by atomic mass is 79.9. The number of aliphatic hydroxyl groups excluding tert-OH is 1. The Kier molecular flexibility index (Phi) is 6.18. The molecule has 9 heteroatoms. The Morgan fingerprint density at radius 2 is 1.91 bits per heavy atom. The largest absolute Gasteiger partial charge is 0.393 e. The van der Waals surface area contributed by atoms with Crippen molar-refractivity contribution in [1.29, 1.82) is 0 Å². The number of aryl methyl sites for hydroxylation is 2. The molecule has 2 aromatic carbocycles. The first kappa shape index (κ1) is 23.9. The lowest BCUT2D eigenvalue weighted by Gasteiger charge is -2.32. The van der Waals surface area contributed by atoms with Crippen molar-refractivity contribution in [3.63, 3.8) is 0 Å². The molecule has 176 valence electrons. The summed E-state index contributed by atoms with van der Waals surface area (Å²) < 4.78 is 45.8. The summed E-state index contributed by atoms with van der Waals surface area (Å²) in [5, 5.41) is 23.1. The van der Waals surface area contributed by atoms with Crippen LogP contribution in [0.15, 0.2) is 28.7 Å². The van der Waals surface area contributed by atoms with E-state index in [1.165, 1.54) is 23.3 Å². The van der Waals surface area contributed by atoms with Gasteiger partial charge in [0.1, 0.15) is 17.5 Å². The number of alkyl halides is 2. The first-order chi connectivity index (χ1) is 15.5. The van der Waals surface area contributed by atoms with Gasteiger partial charge in [0.05, 0.1) is 23.7 Å². The molecule has 0 saturated heterocycles. The van der Waals surface area contributed by atoms with E-state index in [0.29, 0.717) is 11.6 Å². The van der Waals surface area contributed by atoms with Crippen molar-refractivity contribution in [2.45, 2.75) is 57.6 Å². The molecule has 1 aliphatic rings. The van der Waals surface area contributed by atoms with Crippen LogP contribution in [0.5, 0.6) is 0 Å². The lowest BCUT2D eigenvalue weighted by molar-refractivity contribution is -0.197. The molecule has 1 aliphatic carbocycles. The summed E-state index contributed by atoms with van der Waals surface area (Å²) >= 11 is 3.63. The summed E-state index contributed by atoms with van der Waals surface area (Å²) in [7, 11) is 0. The molecular weight excluding hydrogens is 499 g/mol. The summed E-state index contributed by atoms with van der Waals surface area (Å²) in [4.78, 5) is 9.13. The van der Waals surface area contributed by atoms with Crippen molar-refractivity contribution in [1.82, 2.24) is 9.97 Å². The molecule has 0 radical (unpaired) electrons. The zero-order chi connectivity index (χ0) is 24.1. The molecule has 3 aromatic rings. The minimum absolute atomic E-state index is 0.00874. The number of nitrogens with one attached hydrogen (secondary N) is 1. The minimum atomic E-state index is -3.99. The van der Waals surface area contributed by atoms with Gasteiger partial charge in [-0.3, -0.25) is 0 Å². The topological polar surface area (TPSA) is 78.3 Å². The van der Waals surface area contributed by atoms with Crippen LogP contribution in [0.3, 0.4) is 0 Å². The van der Waals surface area contributed by atoms with Crippen molar-refractivity contribution in [3.8, 4) is 0 Å². The predicted molar refractivity (Wildman–Crippen MR) is 124 cm³/mol. The zero-order valence-corrected chi connectivity index (χ0v) is 20.1. The fourth-order valence-electron chi connectivity index (χ4n) is 4.34. The molecule has 3 N–H and O–H groups in total. The van der Waals surface area contributed by atoms with E-state index in [9.17, 15) is 19.0 Å². The maximum absolute atomic E-state index is 15.3. The number of halogens is 4. The van der Waals surface area contributed by atoms with E-state index in [2.05, 4.69) is 31.2 Å². The second-order valence-electron chi connectivity index (χ2n) is 8.77. The lowest BCUT2D eigenvalue weighted by atomic mass is 9.90. The summed E-state index contributed by atoms with van der Waals surface area (Å²) in [6.07, 6.45) is 2.92. The quantitative estimate of drug-likeness (QED) is 0.406. The van der Waals surface area contributed by atoms with Crippen LogP contribution in [0.25, 0.3) is 10.9 Å². The first-order valence-electron chi connectivity index (χ1n) is 10.7. The van der Waals surface area contributed by atoms with Gasteiger partial charge in [-0.1, -0.05) is 28.1 Å². The Hall–Kier alpha value is -2.23. The molecule has 5 nitrogen and oxygen atoms in total. The Bertz CT molecular complexity index is 1230. The summed E-state index contributed by atoms with van der Waals surface area (Å²) in [6, 6.07) is 4.85. The van der Waals surface area contributed by atoms with Gasteiger partial charge in [0.15, 0.2) is 5.60 Å². The SMILES string of the molecule is Cc1nc(N[C@@H](C)c2cccc(C(F)(F)C(C)(O)CO)c2F)c2cc(Br)c3c(c2n1)CCC3. The number of aromatic nitrogens is 2. The normalized spacial score (nSPS) is 16.5. The highest BCUT2D eigenvalue weighted by molar-refractivity contribution is 9.10. The second-order valence-corrected chi connectivity index (χ2v) is 9.62. The van der Waals surface area contributed by atoms with Crippen LogP contribution in [0.2, 0.25) is 0 Å². The van der Waals surface area contributed by atoms with E-state index < -0.39 is 35.6 Å². The van der Waals surface area contributed by atoms with Crippen LogP contribution in [-0.2, 0) is 18.8 Å². The molecule has 0 saturated carbocycles. The standard InChI is InChI=1S/C24H25BrF3N3O2/c1-12(14-6-5-9-18(20(14)26)24(27,28)23(3,33)11-32)29-22-17-10-19(25)15-7-4-8-16(15)21(17)30-13(2)31-22/h5-6,9-10,12,32-33H,4,7-8,11H2,1-3H3,(H,29,30,31)/t12-,23?/m0/s1. The van der Waals surface area contributed by atoms with E-state index >= 15 is 4.39 Å². The molecule has 0 bridgehead atoms. The number of hydrogen-bond acceptors (Lipinski definition) is 5. The Labute approximate surface area is 198 Å².